The molecule has 126 valence electrons. The molecule has 0 saturated carbocycles. The van der Waals surface area contributed by atoms with E-state index in [-0.39, 0.29) is 38.3 Å². The molecule has 1 amide bonds. The van der Waals surface area contributed by atoms with E-state index in [1.165, 1.54) is 11.0 Å². The zero-order valence-corrected chi connectivity index (χ0v) is 13.9. The highest BCUT2D eigenvalue weighted by Gasteiger charge is 2.51. The smallest absolute Gasteiger partial charge is 0.410 e. The van der Waals surface area contributed by atoms with E-state index in [4.69, 9.17) is 15.9 Å². The Morgan fingerprint density at radius 3 is 2.65 bits per heavy atom. The van der Waals surface area contributed by atoms with E-state index >= 15 is 0 Å². The molecule has 6 heteroatoms. The maximum Gasteiger partial charge on any atom is 0.410 e. The van der Waals surface area contributed by atoms with Crippen molar-refractivity contribution in [2.24, 2.45) is 5.41 Å². The molecule has 0 aromatic rings. The largest absolute Gasteiger partial charge is 0.461 e. The van der Waals surface area contributed by atoms with Gasteiger partial charge in [0.2, 0.25) is 0 Å². The van der Waals surface area contributed by atoms with Crippen LogP contribution >= 0.6 is 0 Å². The summed E-state index contributed by atoms with van der Waals surface area (Å²) in [5.74, 6) is 1.30. The van der Waals surface area contributed by atoms with Crippen molar-refractivity contribution in [3.05, 3.63) is 12.7 Å². The van der Waals surface area contributed by atoms with Crippen LogP contribution in [-0.4, -0.2) is 48.0 Å². The standard InChI is InChI=1S/C17H23NO5/c1-6-9-17(14(20)22-11-7-2)12-18(10-8-13(17)19)15(21)23-16(3,4)5/h1,7H,2,8-12H2,3-5H3. The van der Waals surface area contributed by atoms with Crippen molar-refractivity contribution in [3.63, 3.8) is 0 Å². The Morgan fingerprint density at radius 2 is 2.13 bits per heavy atom. The summed E-state index contributed by atoms with van der Waals surface area (Å²) < 4.78 is 10.3. The van der Waals surface area contributed by atoms with Crippen molar-refractivity contribution in [2.45, 2.75) is 39.2 Å². The minimum Gasteiger partial charge on any atom is -0.461 e. The first-order valence-corrected chi connectivity index (χ1v) is 7.39. The molecule has 1 fully saturated rings. The molecule has 1 unspecified atom stereocenters. The normalized spacial score (nSPS) is 21.3. The predicted octanol–water partition coefficient (Wildman–Crippen LogP) is 1.94. The van der Waals surface area contributed by atoms with Gasteiger partial charge in [0.05, 0.1) is 0 Å². The van der Waals surface area contributed by atoms with E-state index in [1.54, 1.807) is 20.8 Å². The molecular weight excluding hydrogens is 298 g/mol. The lowest BCUT2D eigenvalue weighted by Crippen LogP contribution is -2.56. The molecule has 0 radical (unpaired) electrons. The molecule has 1 saturated heterocycles. The summed E-state index contributed by atoms with van der Waals surface area (Å²) in [4.78, 5) is 38.3. The second kappa shape index (κ2) is 7.32. The van der Waals surface area contributed by atoms with E-state index in [9.17, 15) is 14.4 Å². The number of esters is 1. The van der Waals surface area contributed by atoms with Crippen LogP contribution in [0.1, 0.15) is 33.6 Å². The molecule has 0 aliphatic carbocycles. The number of likely N-dealkylation sites (tertiary alicyclic amines) is 1. The average molecular weight is 321 g/mol. The summed E-state index contributed by atoms with van der Waals surface area (Å²) in [6.45, 7) is 8.72. The van der Waals surface area contributed by atoms with Gasteiger partial charge in [-0.15, -0.1) is 12.3 Å². The maximum absolute atomic E-state index is 12.4. The van der Waals surface area contributed by atoms with E-state index in [1.807, 2.05) is 0 Å². The first-order chi connectivity index (χ1) is 10.7. The Hall–Kier alpha value is -2.29. The lowest BCUT2D eigenvalue weighted by atomic mass is 9.76. The summed E-state index contributed by atoms with van der Waals surface area (Å²) in [6, 6.07) is 0. The fourth-order valence-electron chi connectivity index (χ4n) is 2.30. The fourth-order valence-corrected chi connectivity index (χ4v) is 2.30. The third kappa shape index (κ3) is 4.59. The van der Waals surface area contributed by atoms with Crippen LogP contribution < -0.4 is 0 Å². The summed E-state index contributed by atoms with van der Waals surface area (Å²) in [5, 5.41) is 0. The molecule has 0 spiro atoms. The van der Waals surface area contributed by atoms with Crippen LogP contribution in [0, 0.1) is 17.8 Å². The van der Waals surface area contributed by atoms with Crippen molar-refractivity contribution in [1.82, 2.24) is 4.90 Å². The van der Waals surface area contributed by atoms with Crippen molar-refractivity contribution in [1.29, 1.82) is 0 Å². The van der Waals surface area contributed by atoms with Gasteiger partial charge >= 0.3 is 12.1 Å². The van der Waals surface area contributed by atoms with Gasteiger partial charge in [-0.3, -0.25) is 9.59 Å². The number of carbonyl (C=O) groups excluding carboxylic acids is 3. The molecule has 1 atom stereocenters. The number of rotatable bonds is 4. The lowest BCUT2D eigenvalue weighted by Gasteiger charge is -2.39. The quantitative estimate of drug-likeness (QED) is 0.342. The van der Waals surface area contributed by atoms with Gasteiger partial charge < -0.3 is 14.4 Å². The van der Waals surface area contributed by atoms with Crippen LogP contribution in [0.5, 0.6) is 0 Å². The number of hydrogen-bond acceptors (Lipinski definition) is 5. The minimum atomic E-state index is -1.53. The van der Waals surface area contributed by atoms with Crippen molar-refractivity contribution in [2.75, 3.05) is 19.7 Å². The van der Waals surface area contributed by atoms with Gasteiger partial charge in [0.25, 0.3) is 0 Å². The number of terminal acetylenes is 1. The molecule has 1 aliphatic rings. The fraction of sp³-hybridized carbons (Fsp3) is 0.588. The molecular formula is C17H23NO5. The van der Waals surface area contributed by atoms with Crippen LogP contribution in [0.3, 0.4) is 0 Å². The third-order valence-corrected chi connectivity index (χ3v) is 3.38. The minimum absolute atomic E-state index is 0.0229. The Kier molecular flexibility index (Phi) is 5.97. The van der Waals surface area contributed by atoms with E-state index < -0.39 is 23.1 Å². The number of piperidine rings is 1. The molecule has 0 N–H and O–H groups in total. The molecule has 0 bridgehead atoms. The topological polar surface area (TPSA) is 72.9 Å². The summed E-state index contributed by atoms with van der Waals surface area (Å²) >= 11 is 0. The monoisotopic (exact) mass is 321 g/mol. The van der Waals surface area contributed by atoms with Crippen molar-refractivity contribution in [3.8, 4) is 12.3 Å². The number of ether oxygens (including phenoxy) is 2. The average Bonchev–Trinajstić information content (AvgIpc) is 2.45. The number of nitrogens with zero attached hydrogens (tertiary/aromatic N) is 1. The van der Waals surface area contributed by atoms with Crippen molar-refractivity contribution >= 4 is 17.8 Å². The highest BCUT2D eigenvalue weighted by molar-refractivity contribution is 6.05. The Morgan fingerprint density at radius 1 is 1.48 bits per heavy atom. The summed E-state index contributed by atoms with van der Waals surface area (Å²) in [5.41, 5.74) is -2.20. The van der Waals surface area contributed by atoms with E-state index in [2.05, 4.69) is 12.5 Å². The SMILES string of the molecule is C#CCC1(C(=O)OCC=C)CN(C(=O)OC(C)(C)C)CCC1=O. The summed E-state index contributed by atoms with van der Waals surface area (Å²) in [6.07, 6.45) is 6.06. The van der Waals surface area contributed by atoms with Gasteiger partial charge in [-0.25, -0.2) is 4.79 Å². The van der Waals surface area contributed by atoms with E-state index in [0.717, 1.165) is 0 Å². The second-order valence-electron chi connectivity index (χ2n) is 6.43. The van der Waals surface area contributed by atoms with Crippen LogP contribution in [0.15, 0.2) is 12.7 Å². The van der Waals surface area contributed by atoms with Crippen LogP contribution in [0.2, 0.25) is 0 Å². The Bertz CT molecular complexity index is 540. The highest BCUT2D eigenvalue weighted by Crippen LogP contribution is 2.32. The Balaban J connectivity index is 3.01. The Labute approximate surface area is 136 Å². The molecule has 1 aliphatic heterocycles. The first-order valence-electron chi connectivity index (χ1n) is 7.39. The lowest BCUT2D eigenvalue weighted by molar-refractivity contribution is -0.162. The molecule has 1 heterocycles. The summed E-state index contributed by atoms with van der Waals surface area (Å²) in [7, 11) is 0. The molecule has 6 nitrogen and oxygen atoms in total. The first kappa shape index (κ1) is 18.8. The van der Waals surface area contributed by atoms with Gasteiger partial charge in [0.15, 0.2) is 11.2 Å². The van der Waals surface area contributed by atoms with Crippen LogP contribution in [0.25, 0.3) is 0 Å². The molecule has 23 heavy (non-hydrogen) atoms. The highest BCUT2D eigenvalue weighted by atomic mass is 16.6. The van der Waals surface area contributed by atoms with Crippen molar-refractivity contribution < 1.29 is 23.9 Å². The molecule has 0 aromatic heterocycles. The number of Topliss-reactive ketones (excluding diaryl/α,β-unsaturated/α-hetero) is 1. The number of hydrogen-bond donors (Lipinski definition) is 0. The van der Waals surface area contributed by atoms with Gasteiger partial charge in [0, 0.05) is 25.9 Å². The third-order valence-electron chi connectivity index (χ3n) is 3.38. The predicted molar refractivity (Wildman–Crippen MR) is 84.5 cm³/mol. The van der Waals surface area contributed by atoms with E-state index in [0.29, 0.717) is 0 Å². The van der Waals surface area contributed by atoms with Gasteiger partial charge in [-0.1, -0.05) is 12.7 Å². The molecule has 0 aromatic carbocycles. The zero-order chi connectivity index (χ0) is 17.7. The number of amides is 1. The second-order valence-corrected chi connectivity index (χ2v) is 6.43. The van der Waals surface area contributed by atoms with Crippen LogP contribution in [-0.2, 0) is 19.1 Å². The maximum atomic E-state index is 12.4. The zero-order valence-electron chi connectivity index (χ0n) is 13.9. The number of carbonyl (C=O) groups is 3. The molecule has 1 rings (SSSR count). The van der Waals surface area contributed by atoms with Gasteiger partial charge in [-0.05, 0) is 20.8 Å². The van der Waals surface area contributed by atoms with Gasteiger partial charge in [0.1, 0.15) is 12.2 Å². The van der Waals surface area contributed by atoms with Gasteiger partial charge in [-0.2, -0.15) is 0 Å². The number of ketones is 1. The van der Waals surface area contributed by atoms with Crippen LogP contribution in [0.4, 0.5) is 4.79 Å².